The summed E-state index contributed by atoms with van der Waals surface area (Å²) in [6, 6.07) is 19.8. The number of aromatic nitrogens is 3. The number of carbonyl (C=O) groups excluding carboxylic acids is 2. The number of nitrogens with zero attached hydrogens (tertiary/aromatic N) is 4. The summed E-state index contributed by atoms with van der Waals surface area (Å²) in [5, 5.41) is 15.2. The van der Waals surface area contributed by atoms with E-state index in [1.807, 2.05) is 60.0 Å². The highest BCUT2D eigenvalue weighted by Gasteiger charge is 2.22. The van der Waals surface area contributed by atoms with Gasteiger partial charge in [0.15, 0.2) is 5.16 Å². The molecule has 8 nitrogen and oxygen atoms in total. The van der Waals surface area contributed by atoms with Crippen LogP contribution in [0.3, 0.4) is 0 Å². The first-order valence-corrected chi connectivity index (χ1v) is 12.5. The summed E-state index contributed by atoms with van der Waals surface area (Å²) < 4.78 is 2.03. The molecule has 0 spiro atoms. The van der Waals surface area contributed by atoms with Gasteiger partial charge in [-0.3, -0.25) is 14.5 Å². The average molecular weight is 479 g/mol. The van der Waals surface area contributed by atoms with Crippen LogP contribution in [0.1, 0.15) is 24.2 Å². The minimum Gasteiger partial charge on any atom is -0.353 e. The van der Waals surface area contributed by atoms with Crippen LogP contribution in [0.5, 0.6) is 0 Å². The second-order valence-corrected chi connectivity index (χ2v) is 9.36. The van der Waals surface area contributed by atoms with Crippen molar-refractivity contribution in [1.82, 2.24) is 25.0 Å². The quantitative estimate of drug-likeness (QED) is 0.460. The Bertz CT molecular complexity index is 1080. The number of benzene rings is 2. The maximum absolute atomic E-state index is 12.6. The van der Waals surface area contributed by atoms with Crippen LogP contribution in [0.2, 0.25) is 0 Å². The molecule has 0 unspecified atom stereocenters. The highest BCUT2D eigenvalue weighted by Crippen LogP contribution is 2.19. The Kier molecular flexibility index (Phi) is 8.32. The number of amides is 2. The zero-order chi connectivity index (χ0) is 23.8. The zero-order valence-corrected chi connectivity index (χ0v) is 20.1. The molecule has 1 fully saturated rings. The lowest BCUT2D eigenvalue weighted by molar-refractivity contribution is -0.120. The largest absolute Gasteiger partial charge is 0.353 e. The lowest BCUT2D eigenvalue weighted by Crippen LogP contribution is -2.47. The van der Waals surface area contributed by atoms with Crippen molar-refractivity contribution in [3.63, 3.8) is 0 Å². The fraction of sp³-hybridized carbons (Fsp3) is 0.360. The van der Waals surface area contributed by atoms with Crippen molar-refractivity contribution in [1.29, 1.82) is 0 Å². The Hall–Kier alpha value is -3.17. The molecule has 2 N–H and O–H groups in total. The van der Waals surface area contributed by atoms with Gasteiger partial charge in [-0.2, -0.15) is 0 Å². The number of nitrogens with one attached hydrogen (secondary N) is 2. The Morgan fingerprint density at radius 2 is 1.65 bits per heavy atom. The number of hydrogen-bond donors (Lipinski definition) is 2. The number of rotatable bonds is 9. The molecule has 9 heteroatoms. The molecule has 2 aromatic carbocycles. The molecule has 1 saturated heterocycles. The average Bonchev–Trinajstić information content (AvgIpc) is 3.19. The molecule has 1 aliphatic rings. The van der Waals surface area contributed by atoms with Crippen molar-refractivity contribution >= 4 is 29.3 Å². The number of piperidine rings is 1. The highest BCUT2D eigenvalue weighted by molar-refractivity contribution is 7.99. The maximum atomic E-state index is 12.6. The van der Waals surface area contributed by atoms with Crippen molar-refractivity contribution in [2.24, 2.45) is 0 Å². The van der Waals surface area contributed by atoms with E-state index in [4.69, 9.17) is 0 Å². The monoisotopic (exact) mass is 478 g/mol. The second kappa shape index (κ2) is 11.8. The van der Waals surface area contributed by atoms with Gasteiger partial charge in [-0.25, -0.2) is 0 Å². The first-order valence-electron chi connectivity index (χ1n) is 11.5. The molecule has 1 aromatic heterocycles. The van der Waals surface area contributed by atoms with Crippen LogP contribution in [0, 0.1) is 6.92 Å². The van der Waals surface area contributed by atoms with Gasteiger partial charge < -0.3 is 15.2 Å². The SMILES string of the molecule is Cc1nnc(SCC(=O)NC2CCN(CC(=O)Nc3ccccc3)CC2)n1Cc1ccccc1. The van der Waals surface area contributed by atoms with Gasteiger partial charge >= 0.3 is 0 Å². The number of aryl methyl sites for hydroxylation is 1. The summed E-state index contributed by atoms with van der Waals surface area (Å²) in [6.45, 7) is 4.53. The molecule has 1 aliphatic heterocycles. The number of hydrogen-bond acceptors (Lipinski definition) is 6. The Labute approximate surface area is 204 Å². The molecule has 0 radical (unpaired) electrons. The number of likely N-dealkylation sites (tertiary alicyclic amines) is 1. The smallest absolute Gasteiger partial charge is 0.238 e. The zero-order valence-electron chi connectivity index (χ0n) is 19.3. The molecule has 0 aliphatic carbocycles. The van der Waals surface area contributed by atoms with Crippen molar-refractivity contribution < 1.29 is 9.59 Å². The van der Waals surface area contributed by atoms with Crippen LogP contribution >= 0.6 is 11.8 Å². The van der Waals surface area contributed by atoms with E-state index in [9.17, 15) is 9.59 Å². The van der Waals surface area contributed by atoms with E-state index in [1.54, 1.807) is 0 Å². The van der Waals surface area contributed by atoms with E-state index in [2.05, 4.69) is 37.9 Å². The summed E-state index contributed by atoms with van der Waals surface area (Å²) in [7, 11) is 0. The fourth-order valence-electron chi connectivity index (χ4n) is 3.98. The van der Waals surface area contributed by atoms with Gasteiger partial charge in [0.2, 0.25) is 11.8 Å². The maximum Gasteiger partial charge on any atom is 0.238 e. The Morgan fingerprint density at radius 1 is 0.971 bits per heavy atom. The van der Waals surface area contributed by atoms with E-state index in [0.29, 0.717) is 18.8 Å². The third-order valence-electron chi connectivity index (χ3n) is 5.80. The highest BCUT2D eigenvalue weighted by atomic mass is 32.2. The van der Waals surface area contributed by atoms with Gasteiger partial charge in [0.25, 0.3) is 0 Å². The standard InChI is InChI=1S/C25H30N6O2S/c1-19-28-29-25(31(19)16-20-8-4-2-5-9-20)34-18-24(33)27-22-12-14-30(15-13-22)17-23(32)26-21-10-6-3-7-11-21/h2-11,22H,12-18H2,1H3,(H,26,32)(H,27,33). The number of thioether (sulfide) groups is 1. The van der Waals surface area contributed by atoms with Gasteiger partial charge in [0.05, 0.1) is 18.8 Å². The molecular weight excluding hydrogens is 448 g/mol. The van der Waals surface area contributed by atoms with Crippen molar-refractivity contribution in [2.45, 2.75) is 37.5 Å². The third-order valence-corrected chi connectivity index (χ3v) is 6.76. The summed E-state index contributed by atoms with van der Waals surface area (Å²) in [4.78, 5) is 27.0. The van der Waals surface area contributed by atoms with Crippen LogP contribution in [-0.4, -0.2) is 62.9 Å². The third kappa shape index (κ3) is 6.91. The lowest BCUT2D eigenvalue weighted by Gasteiger charge is -2.31. The second-order valence-electron chi connectivity index (χ2n) is 8.42. The molecule has 3 aromatic rings. The number of anilines is 1. The number of carbonyl (C=O) groups is 2. The lowest BCUT2D eigenvalue weighted by atomic mass is 10.1. The molecule has 4 rings (SSSR count). The topological polar surface area (TPSA) is 92.2 Å². The fourth-order valence-corrected chi connectivity index (χ4v) is 4.77. The first-order chi connectivity index (χ1) is 16.6. The molecule has 0 saturated carbocycles. The van der Waals surface area contributed by atoms with E-state index < -0.39 is 0 Å². The molecule has 2 heterocycles. The molecule has 178 valence electrons. The van der Waals surface area contributed by atoms with Gasteiger partial charge in [-0.05, 0) is 37.5 Å². The molecule has 0 bridgehead atoms. The normalized spacial score (nSPS) is 14.6. The van der Waals surface area contributed by atoms with Crippen molar-refractivity contribution in [3.8, 4) is 0 Å². The predicted octanol–water partition coefficient (Wildman–Crippen LogP) is 2.95. The number of para-hydroxylation sites is 1. The van der Waals surface area contributed by atoms with Gasteiger partial charge in [0, 0.05) is 24.8 Å². The van der Waals surface area contributed by atoms with E-state index in [0.717, 1.165) is 42.6 Å². The summed E-state index contributed by atoms with van der Waals surface area (Å²) in [6.07, 6.45) is 1.66. The van der Waals surface area contributed by atoms with Crippen LogP contribution in [0.15, 0.2) is 65.8 Å². The van der Waals surface area contributed by atoms with Gasteiger partial charge in [-0.1, -0.05) is 60.3 Å². The molecule has 0 atom stereocenters. The minimum absolute atomic E-state index is 0.00261. The van der Waals surface area contributed by atoms with E-state index >= 15 is 0 Å². The van der Waals surface area contributed by atoms with E-state index in [-0.39, 0.29) is 17.9 Å². The van der Waals surface area contributed by atoms with E-state index in [1.165, 1.54) is 17.3 Å². The van der Waals surface area contributed by atoms with Crippen LogP contribution in [0.4, 0.5) is 5.69 Å². The molecule has 2 amide bonds. The first kappa shape index (κ1) is 24.0. The van der Waals surface area contributed by atoms with Crippen LogP contribution in [0.25, 0.3) is 0 Å². The predicted molar refractivity (Wildman–Crippen MR) is 134 cm³/mol. The summed E-state index contributed by atoms with van der Waals surface area (Å²) in [5.41, 5.74) is 1.97. The van der Waals surface area contributed by atoms with Crippen molar-refractivity contribution in [2.75, 3.05) is 30.7 Å². The Morgan fingerprint density at radius 3 is 2.35 bits per heavy atom. The van der Waals surface area contributed by atoms with Crippen LogP contribution in [-0.2, 0) is 16.1 Å². The summed E-state index contributed by atoms with van der Waals surface area (Å²) in [5.74, 6) is 1.11. The molecular formula is C25H30N6O2S. The van der Waals surface area contributed by atoms with Gasteiger partial charge in [-0.15, -0.1) is 10.2 Å². The Balaban J connectivity index is 1.18. The molecule has 34 heavy (non-hydrogen) atoms. The summed E-state index contributed by atoms with van der Waals surface area (Å²) >= 11 is 1.41. The van der Waals surface area contributed by atoms with Crippen molar-refractivity contribution in [3.05, 3.63) is 72.1 Å². The van der Waals surface area contributed by atoms with Crippen LogP contribution < -0.4 is 10.6 Å². The minimum atomic E-state index is -0.0139. The van der Waals surface area contributed by atoms with Gasteiger partial charge in [0.1, 0.15) is 5.82 Å².